The van der Waals surface area contributed by atoms with Gasteiger partial charge in [-0.15, -0.1) is 11.8 Å². The van der Waals surface area contributed by atoms with Crippen LogP contribution in [0, 0.1) is 5.92 Å². The van der Waals surface area contributed by atoms with E-state index in [0.717, 1.165) is 24.2 Å². The second kappa shape index (κ2) is 7.76. The zero-order chi connectivity index (χ0) is 17.1. The van der Waals surface area contributed by atoms with Gasteiger partial charge in [0.1, 0.15) is 0 Å². The lowest BCUT2D eigenvalue weighted by Gasteiger charge is -2.32. The quantitative estimate of drug-likeness (QED) is 0.764. The largest absolute Gasteiger partial charge is 0.353 e. The lowest BCUT2D eigenvalue weighted by Crippen LogP contribution is -2.46. The number of benzene rings is 1. The summed E-state index contributed by atoms with van der Waals surface area (Å²) in [7, 11) is 0. The summed E-state index contributed by atoms with van der Waals surface area (Å²) in [5, 5.41) is 6.08. The molecule has 1 aromatic rings. The van der Waals surface area contributed by atoms with Gasteiger partial charge in [-0.3, -0.25) is 9.59 Å². The number of nitrogens with one attached hydrogen (secondary N) is 2. The third-order valence-corrected chi connectivity index (χ3v) is 6.20. The van der Waals surface area contributed by atoms with Crippen LogP contribution < -0.4 is 16.4 Å². The molecule has 0 spiro atoms. The van der Waals surface area contributed by atoms with Crippen molar-refractivity contribution in [1.29, 1.82) is 0 Å². The predicted molar refractivity (Wildman–Crippen MR) is 97.3 cm³/mol. The molecule has 2 amide bonds. The lowest BCUT2D eigenvalue weighted by molar-refractivity contribution is -0.125. The Labute approximate surface area is 151 Å². The first-order valence-electron chi connectivity index (χ1n) is 8.33. The number of hydrogen-bond acceptors (Lipinski definition) is 4. The van der Waals surface area contributed by atoms with Gasteiger partial charge in [-0.1, -0.05) is 24.4 Å². The van der Waals surface area contributed by atoms with Crippen LogP contribution >= 0.6 is 23.4 Å². The Hall–Kier alpha value is -1.24. The van der Waals surface area contributed by atoms with E-state index >= 15 is 0 Å². The van der Waals surface area contributed by atoms with Gasteiger partial charge in [0.25, 0.3) is 0 Å². The highest BCUT2D eigenvalue weighted by molar-refractivity contribution is 8.01. The minimum absolute atomic E-state index is 0.0783. The highest BCUT2D eigenvalue weighted by atomic mass is 35.5. The molecular formula is C17H22ClN3O2S. The fourth-order valence-corrected chi connectivity index (χ4v) is 4.63. The highest BCUT2D eigenvalue weighted by Crippen LogP contribution is 2.38. The molecule has 0 bridgehead atoms. The Bertz CT molecular complexity index is 640. The smallest absolute Gasteiger partial charge is 0.238 e. The monoisotopic (exact) mass is 367 g/mol. The van der Waals surface area contributed by atoms with Crippen molar-refractivity contribution in [2.45, 2.75) is 48.3 Å². The van der Waals surface area contributed by atoms with Gasteiger partial charge in [0.2, 0.25) is 11.8 Å². The van der Waals surface area contributed by atoms with Crippen molar-refractivity contribution in [2.75, 3.05) is 11.9 Å². The lowest BCUT2D eigenvalue weighted by atomic mass is 9.84. The van der Waals surface area contributed by atoms with Crippen molar-refractivity contribution < 1.29 is 9.59 Å². The predicted octanol–water partition coefficient (Wildman–Crippen LogP) is 2.78. The van der Waals surface area contributed by atoms with Crippen molar-refractivity contribution >= 4 is 40.9 Å². The number of rotatable bonds is 4. The molecule has 1 aliphatic heterocycles. The first-order valence-corrected chi connectivity index (χ1v) is 9.59. The maximum absolute atomic E-state index is 12.4. The van der Waals surface area contributed by atoms with Gasteiger partial charge in [0.15, 0.2) is 0 Å². The molecule has 24 heavy (non-hydrogen) atoms. The molecule has 1 heterocycles. The fourth-order valence-electron chi connectivity index (χ4n) is 3.37. The number of carbonyl (C=O) groups excluding carboxylic acids is 2. The molecule has 130 valence electrons. The number of carbonyl (C=O) groups is 2. The van der Waals surface area contributed by atoms with E-state index in [9.17, 15) is 9.59 Å². The Morgan fingerprint density at radius 2 is 2.17 bits per heavy atom. The minimum atomic E-state index is -0.418. The van der Waals surface area contributed by atoms with Gasteiger partial charge in [0.05, 0.1) is 10.9 Å². The number of anilines is 1. The Kier molecular flexibility index (Phi) is 5.69. The van der Waals surface area contributed by atoms with Crippen molar-refractivity contribution in [3.05, 3.63) is 23.2 Å². The number of thioether (sulfide) groups is 1. The van der Waals surface area contributed by atoms with Gasteiger partial charge in [-0.2, -0.15) is 0 Å². The molecule has 1 aromatic carbocycles. The molecule has 7 heteroatoms. The van der Waals surface area contributed by atoms with Crippen LogP contribution in [0.3, 0.4) is 0 Å². The Morgan fingerprint density at radius 3 is 2.96 bits per heavy atom. The van der Waals surface area contributed by atoms with Crippen LogP contribution in [0.5, 0.6) is 0 Å². The summed E-state index contributed by atoms with van der Waals surface area (Å²) in [6.07, 6.45) is 4.50. The van der Waals surface area contributed by atoms with E-state index in [-0.39, 0.29) is 24.3 Å². The fraction of sp³-hybridized carbons (Fsp3) is 0.529. The summed E-state index contributed by atoms with van der Waals surface area (Å²) in [4.78, 5) is 25.6. The minimum Gasteiger partial charge on any atom is -0.353 e. The second-order valence-electron chi connectivity index (χ2n) is 6.39. The molecule has 3 atom stereocenters. The van der Waals surface area contributed by atoms with Crippen LogP contribution in [0.1, 0.15) is 32.1 Å². The molecule has 0 saturated heterocycles. The maximum atomic E-state index is 12.4. The Balaban J connectivity index is 1.60. The van der Waals surface area contributed by atoms with Crippen molar-refractivity contribution in [3.8, 4) is 0 Å². The van der Waals surface area contributed by atoms with E-state index in [1.807, 2.05) is 6.07 Å². The van der Waals surface area contributed by atoms with Crippen molar-refractivity contribution in [1.82, 2.24) is 5.32 Å². The van der Waals surface area contributed by atoms with E-state index < -0.39 is 5.25 Å². The van der Waals surface area contributed by atoms with Gasteiger partial charge in [0, 0.05) is 22.4 Å². The van der Waals surface area contributed by atoms with Crippen molar-refractivity contribution in [2.24, 2.45) is 11.7 Å². The summed E-state index contributed by atoms with van der Waals surface area (Å²) in [5.41, 5.74) is 6.52. The zero-order valence-corrected chi connectivity index (χ0v) is 15.0. The summed E-state index contributed by atoms with van der Waals surface area (Å²) >= 11 is 7.36. The van der Waals surface area contributed by atoms with Crippen LogP contribution in [0.15, 0.2) is 23.1 Å². The number of amides is 2. The van der Waals surface area contributed by atoms with Gasteiger partial charge in [-0.05, 0) is 43.5 Å². The Morgan fingerprint density at radius 1 is 1.38 bits per heavy atom. The van der Waals surface area contributed by atoms with Crippen LogP contribution in [-0.4, -0.2) is 29.7 Å². The van der Waals surface area contributed by atoms with Crippen molar-refractivity contribution in [3.63, 3.8) is 0 Å². The van der Waals surface area contributed by atoms with Crippen LogP contribution in [0.4, 0.5) is 5.69 Å². The average molecular weight is 368 g/mol. The molecule has 4 N–H and O–H groups in total. The standard InChI is InChI=1S/C17H22ClN3O2S/c18-11-5-6-14-13(7-11)21-17(23)15(24-14)8-16(22)20-12-4-2-1-3-10(12)9-19/h5-7,10,12,15H,1-4,8-9,19H2,(H,20,22)(H,21,23). The SMILES string of the molecule is NCC1CCCCC1NC(=O)CC1Sc2ccc(Cl)cc2NC1=O. The van der Waals surface area contributed by atoms with E-state index in [0.29, 0.717) is 23.2 Å². The summed E-state index contributed by atoms with van der Waals surface area (Å²) in [6, 6.07) is 5.53. The summed E-state index contributed by atoms with van der Waals surface area (Å²) in [5.74, 6) is 0.118. The van der Waals surface area contributed by atoms with E-state index in [4.69, 9.17) is 17.3 Å². The van der Waals surface area contributed by atoms with E-state index in [1.165, 1.54) is 18.2 Å². The van der Waals surface area contributed by atoms with Gasteiger partial charge in [-0.25, -0.2) is 0 Å². The second-order valence-corrected chi connectivity index (χ2v) is 8.08. The topological polar surface area (TPSA) is 84.2 Å². The van der Waals surface area contributed by atoms with Crippen LogP contribution in [-0.2, 0) is 9.59 Å². The normalized spacial score (nSPS) is 26.4. The molecular weight excluding hydrogens is 346 g/mol. The summed E-state index contributed by atoms with van der Waals surface area (Å²) in [6.45, 7) is 0.595. The number of hydrogen-bond donors (Lipinski definition) is 3. The van der Waals surface area contributed by atoms with Gasteiger partial charge < -0.3 is 16.4 Å². The highest BCUT2D eigenvalue weighted by Gasteiger charge is 2.31. The van der Waals surface area contributed by atoms with E-state index in [2.05, 4.69) is 10.6 Å². The molecule has 1 fully saturated rings. The molecule has 0 aromatic heterocycles. The molecule has 0 radical (unpaired) electrons. The maximum Gasteiger partial charge on any atom is 0.238 e. The van der Waals surface area contributed by atoms with Gasteiger partial charge >= 0.3 is 0 Å². The first-order chi connectivity index (χ1) is 11.6. The molecule has 2 aliphatic rings. The molecule has 3 unspecified atom stereocenters. The number of halogens is 1. The number of nitrogens with two attached hydrogens (primary N) is 1. The molecule has 3 rings (SSSR count). The third kappa shape index (κ3) is 4.05. The molecule has 1 aliphatic carbocycles. The summed E-state index contributed by atoms with van der Waals surface area (Å²) < 4.78 is 0. The van der Waals surface area contributed by atoms with Crippen LogP contribution in [0.25, 0.3) is 0 Å². The van der Waals surface area contributed by atoms with Crippen LogP contribution in [0.2, 0.25) is 5.02 Å². The number of fused-ring (bicyclic) bond motifs is 1. The first kappa shape index (κ1) is 17.6. The molecule has 5 nitrogen and oxygen atoms in total. The van der Waals surface area contributed by atoms with E-state index in [1.54, 1.807) is 12.1 Å². The molecule has 1 saturated carbocycles. The zero-order valence-electron chi connectivity index (χ0n) is 13.4. The average Bonchev–Trinajstić information content (AvgIpc) is 2.56. The third-order valence-electron chi connectivity index (χ3n) is 4.69.